The molecule has 3 saturated heterocycles. The van der Waals surface area contributed by atoms with Crippen LogP contribution in [0.15, 0.2) is 72.9 Å². The first-order valence-electron chi connectivity index (χ1n) is 37.7. The molecule has 0 aromatic carbocycles. The van der Waals surface area contributed by atoms with E-state index in [2.05, 4.69) is 79.9 Å². The number of allylic oxidation sites excluding steroid dienone is 11. The van der Waals surface area contributed by atoms with Gasteiger partial charge in [-0.1, -0.05) is 273 Å². The zero-order valence-corrected chi connectivity index (χ0v) is 58.6. The molecule has 19 nitrogen and oxygen atoms in total. The average molecular weight is 1350 g/mol. The van der Waals surface area contributed by atoms with Crippen molar-refractivity contribution in [2.75, 3.05) is 26.4 Å². The maximum absolute atomic E-state index is 13.4. The molecule has 1 amide bonds. The summed E-state index contributed by atoms with van der Waals surface area (Å²) in [5.74, 6) is -0.287. The molecule has 19 heteroatoms. The smallest absolute Gasteiger partial charge is 0.220 e. The van der Waals surface area contributed by atoms with E-state index in [1.54, 1.807) is 6.08 Å². The van der Waals surface area contributed by atoms with Gasteiger partial charge in [0.2, 0.25) is 5.91 Å². The van der Waals surface area contributed by atoms with Crippen LogP contribution in [0.4, 0.5) is 0 Å². The van der Waals surface area contributed by atoms with Crippen molar-refractivity contribution < 1.29 is 89.4 Å². The first-order chi connectivity index (χ1) is 46.3. The van der Waals surface area contributed by atoms with Crippen LogP contribution in [0.1, 0.15) is 271 Å². The SMILES string of the molecule is CC/C=C\C/C=C\C/C=C\C/C=C\C/C=C\CCCCCCCCCC(=O)NC(COC1OC(CO)C(OC2OC(CO)C(OC3OC(CO)C(O)C(O)C3O)C(O)C2O)C(O)C1O)C(O)/C=C/CCCCCCCCCCCCCCCCCCCCCCCCCCC. The molecule has 552 valence electrons. The summed E-state index contributed by atoms with van der Waals surface area (Å²) in [7, 11) is 0. The van der Waals surface area contributed by atoms with E-state index in [1.807, 2.05) is 6.08 Å². The van der Waals surface area contributed by atoms with Crippen LogP contribution in [0, 0.1) is 0 Å². The number of carbonyl (C=O) groups excluding carboxylic acids is 1. The number of ether oxygens (including phenoxy) is 6. The third kappa shape index (κ3) is 38.0. The summed E-state index contributed by atoms with van der Waals surface area (Å²) < 4.78 is 34.4. The lowest BCUT2D eigenvalue weighted by molar-refractivity contribution is -0.379. The van der Waals surface area contributed by atoms with Crippen LogP contribution < -0.4 is 5.32 Å². The predicted molar refractivity (Wildman–Crippen MR) is 374 cm³/mol. The van der Waals surface area contributed by atoms with Gasteiger partial charge in [-0.2, -0.15) is 0 Å². The quantitative estimate of drug-likeness (QED) is 0.0199. The fourth-order valence-electron chi connectivity index (χ4n) is 12.5. The number of aliphatic hydroxyl groups excluding tert-OH is 11. The zero-order chi connectivity index (χ0) is 68.9. The molecule has 3 aliphatic heterocycles. The minimum Gasteiger partial charge on any atom is -0.394 e. The number of hydrogen-bond acceptors (Lipinski definition) is 18. The van der Waals surface area contributed by atoms with Gasteiger partial charge in [-0.05, 0) is 64.2 Å². The molecule has 17 unspecified atom stereocenters. The van der Waals surface area contributed by atoms with Crippen LogP contribution in [-0.2, 0) is 33.2 Å². The van der Waals surface area contributed by atoms with Crippen molar-refractivity contribution >= 4 is 5.91 Å². The highest BCUT2D eigenvalue weighted by Gasteiger charge is 2.53. The molecule has 3 fully saturated rings. The zero-order valence-electron chi connectivity index (χ0n) is 58.6. The average Bonchev–Trinajstić information content (AvgIpc) is 0.787. The molecule has 0 bridgehead atoms. The van der Waals surface area contributed by atoms with Gasteiger partial charge in [0.1, 0.15) is 73.2 Å². The summed E-state index contributed by atoms with van der Waals surface area (Å²) >= 11 is 0. The molecule has 3 aliphatic rings. The first-order valence-corrected chi connectivity index (χ1v) is 37.7. The molecule has 0 aromatic heterocycles. The molecule has 0 saturated carbocycles. The maximum atomic E-state index is 13.4. The van der Waals surface area contributed by atoms with Crippen molar-refractivity contribution in [2.24, 2.45) is 0 Å². The second-order valence-corrected chi connectivity index (χ2v) is 26.7. The topological polar surface area (TPSA) is 307 Å². The molecular formula is C76H135NO18. The molecule has 0 aliphatic carbocycles. The number of nitrogens with one attached hydrogen (secondary N) is 1. The number of amides is 1. The van der Waals surface area contributed by atoms with E-state index in [0.717, 1.165) is 103 Å². The highest BCUT2D eigenvalue weighted by molar-refractivity contribution is 5.76. The van der Waals surface area contributed by atoms with E-state index in [4.69, 9.17) is 28.4 Å². The Morgan fingerprint density at radius 1 is 0.389 bits per heavy atom. The molecule has 0 spiro atoms. The summed E-state index contributed by atoms with van der Waals surface area (Å²) in [6.45, 7) is 1.63. The summed E-state index contributed by atoms with van der Waals surface area (Å²) in [6.07, 6.45) is 45.9. The summed E-state index contributed by atoms with van der Waals surface area (Å²) in [6, 6.07) is -0.985. The van der Waals surface area contributed by atoms with Crippen LogP contribution in [0.5, 0.6) is 0 Å². The third-order valence-electron chi connectivity index (χ3n) is 18.5. The highest BCUT2D eigenvalue weighted by Crippen LogP contribution is 2.33. The van der Waals surface area contributed by atoms with E-state index < -0.39 is 124 Å². The Labute approximate surface area is 572 Å². The van der Waals surface area contributed by atoms with Gasteiger partial charge in [0, 0.05) is 6.42 Å². The minimum atomic E-state index is -1.98. The molecule has 17 atom stereocenters. The van der Waals surface area contributed by atoms with Crippen LogP contribution in [0.25, 0.3) is 0 Å². The standard InChI is InChI=1S/C76H135NO18/c1-3-5-7-9-11-13-15-17-19-21-23-25-27-28-29-30-32-33-35-37-39-41-43-45-47-49-51-53-60(81)59(77-64(82)54-52-50-48-46-44-42-40-38-36-34-31-26-24-22-20-18-16-14-12-10-8-6-4-2)58-90-74-70(88)67(85)72(62(56-79)92-74)95-76-71(89)68(86)73(63(57-80)93-76)94-75-69(87)66(84)65(83)61(55-78)91-75/h6,8,12,14,18,20,24,26,34,36,51,53,59-63,65-76,78-81,83-89H,3-5,7,9-11,13,15-17,19,21-23,25,27-33,35,37-50,52,54-58H2,1-2H3,(H,77,82)/b8-6-,14-12-,20-18-,26-24-,36-34-,53-51+. The predicted octanol–water partition coefficient (Wildman–Crippen LogP) is 11.3. The summed E-state index contributed by atoms with van der Waals surface area (Å²) in [4.78, 5) is 13.4. The Bertz CT molecular complexity index is 2000. The van der Waals surface area contributed by atoms with Gasteiger partial charge in [0.25, 0.3) is 0 Å². The number of rotatable bonds is 58. The number of aliphatic hydroxyl groups is 11. The van der Waals surface area contributed by atoms with Crippen LogP contribution in [-0.4, -0.2) is 193 Å². The lowest BCUT2D eigenvalue weighted by Gasteiger charge is -2.48. The van der Waals surface area contributed by atoms with Gasteiger partial charge in [0.15, 0.2) is 18.9 Å². The molecule has 0 radical (unpaired) electrons. The van der Waals surface area contributed by atoms with Gasteiger partial charge in [-0.25, -0.2) is 0 Å². The van der Waals surface area contributed by atoms with E-state index in [9.17, 15) is 61.0 Å². The van der Waals surface area contributed by atoms with E-state index in [0.29, 0.717) is 6.42 Å². The molecule has 0 aromatic rings. The van der Waals surface area contributed by atoms with Crippen LogP contribution >= 0.6 is 0 Å². The second kappa shape index (κ2) is 56.9. The largest absolute Gasteiger partial charge is 0.394 e. The Morgan fingerprint density at radius 3 is 1.14 bits per heavy atom. The number of unbranched alkanes of at least 4 members (excludes halogenated alkanes) is 32. The number of hydrogen-bond donors (Lipinski definition) is 12. The molecule has 3 heterocycles. The van der Waals surface area contributed by atoms with E-state index in [-0.39, 0.29) is 18.9 Å². The van der Waals surface area contributed by atoms with Crippen LogP contribution in [0.2, 0.25) is 0 Å². The third-order valence-corrected chi connectivity index (χ3v) is 18.5. The molecule has 12 N–H and O–H groups in total. The maximum Gasteiger partial charge on any atom is 0.220 e. The van der Waals surface area contributed by atoms with Gasteiger partial charge in [-0.3, -0.25) is 4.79 Å². The summed E-state index contributed by atoms with van der Waals surface area (Å²) in [5, 5.41) is 121. The Balaban J connectivity index is 1.42. The van der Waals surface area contributed by atoms with Crippen molar-refractivity contribution in [1.29, 1.82) is 0 Å². The normalized spacial score (nSPS) is 27.6. The molecular weight excluding hydrogens is 1210 g/mol. The highest BCUT2D eigenvalue weighted by atomic mass is 16.8. The van der Waals surface area contributed by atoms with Gasteiger partial charge in [-0.15, -0.1) is 0 Å². The van der Waals surface area contributed by atoms with Gasteiger partial charge < -0.3 is 89.9 Å². The van der Waals surface area contributed by atoms with Crippen molar-refractivity contribution in [3.8, 4) is 0 Å². The van der Waals surface area contributed by atoms with Gasteiger partial charge >= 0.3 is 0 Å². The van der Waals surface area contributed by atoms with E-state index in [1.165, 1.54) is 141 Å². The Hall–Kier alpha value is -2.77. The Kier molecular flexibility index (Phi) is 51.8. The molecule has 3 rings (SSSR count). The fourth-order valence-corrected chi connectivity index (χ4v) is 12.5. The van der Waals surface area contributed by atoms with Crippen molar-refractivity contribution in [1.82, 2.24) is 5.32 Å². The van der Waals surface area contributed by atoms with Crippen LogP contribution in [0.3, 0.4) is 0 Å². The summed E-state index contributed by atoms with van der Waals surface area (Å²) in [5.41, 5.74) is 0. The Morgan fingerprint density at radius 2 is 0.726 bits per heavy atom. The first kappa shape index (κ1) is 86.5. The van der Waals surface area contributed by atoms with Crippen molar-refractivity contribution in [2.45, 2.75) is 375 Å². The second-order valence-electron chi connectivity index (χ2n) is 26.7. The fraction of sp³-hybridized carbons (Fsp3) is 0.829. The van der Waals surface area contributed by atoms with Gasteiger partial charge in [0.05, 0.1) is 38.6 Å². The lowest BCUT2D eigenvalue weighted by Crippen LogP contribution is -2.66. The van der Waals surface area contributed by atoms with Crippen molar-refractivity contribution in [3.63, 3.8) is 0 Å². The number of carbonyl (C=O) groups is 1. The van der Waals surface area contributed by atoms with Crippen molar-refractivity contribution in [3.05, 3.63) is 72.9 Å². The monoisotopic (exact) mass is 1350 g/mol. The minimum absolute atomic E-state index is 0.227. The van der Waals surface area contributed by atoms with E-state index >= 15 is 0 Å². The lowest BCUT2D eigenvalue weighted by atomic mass is 9.96. The molecule has 95 heavy (non-hydrogen) atoms.